The number of piperidine rings is 1. The lowest BCUT2D eigenvalue weighted by molar-refractivity contribution is 0.0329. The van der Waals surface area contributed by atoms with Crippen molar-refractivity contribution in [2.75, 3.05) is 39.9 Å². The average molecular weight is 300 g/mol. The van der Waals surface area contributed by atoms with Gasteiger partial charge in [-0.2, -0.15) is 0 Å². The van der Waals surface area contributed by atoms with Gasteiger partial charge in [0.15, 0.2) is 0 Å². The molecule has 0 bridgehead atoms. The van der Waals surface area contributed by atoms with E-state index in [-0.39, 0.29) is 6.10 Å². The quantitative estimate of drug-likeness (QED) is 0.543. The lowest BCUT2D eigenvalue weighted by Gasteiger charge is -2.30. The van der Waals surface area contributed by atoms with Gasteiger partial charge < -0.3 is 20.1 Å². The summed E-state index contributed by atoms with van der Waals surface area (Å²) in [6.45, 7) is 6.46. The maximum absolute atomic E-state index is 9.91. The molecule has 1 aliphatic heterocycles. The van der Waals surface area contributed by atoms with Crippen LogP contribution in [0.5, 0.6) is 0 Å². The topological polar surface area (TPSA) is 44.7 Å². The second-order valence-corrected chi connectivity index (χ2v) is 6.48. The van der Waals surface area contributed by atoms with Gasteiger partial charge in [0, 0.05) is 19.2 Å². The molecule has 0 aromatic heterocycles. The Morgan fingerprint density at radius 1 is 1.14 bits per heavy atom. The van der Waals surface area contributed by atoms with E-state index in [1.807, 2.05) is 0 Å². The first-order valence-corrected chi connectivity index (χ1v) is 8.90. The smallest absolute Gasteiger partial charge is 0.0897 e. The fourth-order valence-corrected chi connectivity index (χ4v) is 2.78. The second-order valence-electron chi connectivity index (χ2n) is 6.48. The Balaban J connectivity index is 1.86. The van der Waals surface area contributed by atoms with E-state index in [1.165, 1.54) is 44.9 Å². The first-order chi connectivity index (χ1) is 10.2. The Morgan fingerprint density at radius 2 is 1.81 bits per heavy atom. The van der Waals surface area contributed by atoms with E-state index in [2.05, 4.69) is 24.2 Å². The minimum atomic E-state index is -0.371. The van der Waals surface area contributed by atoms with Crippen molar-refractivity contribution in [2.45, 2.75) is 70.4 Å². The maximum atomic E-state index is 9.91. The van der Waals surface area contributed by atoms with E-state index in [0.29, 0.717) is 19.2 Å². The molecule has 0 aliphatic carbocycles. The van der Waals surface area contributed by atoms with Gasteiger partial charge in [-0.25, -0.2) is 0 Å². The molecule has 1 saturated heterocycles. The Bertz CT molecular complexity index is 231. The van der Waals surface area contributed by atoms with Gasteiger partial charge in [-0.05, 0) is 39.4 Å². The number of hydrogen-bond acceptors (Lipinski definition) is 4. The molecule has 0 radical (unpaired) electrons. The summed E-state index contributed by atoms with van der Waals surface area (Å²) in [6.07, 6.45) is 9.68. The predicted octanol–water partition coefficient (Wildman–Crippen LogP) is 2.41. The molecule has 1 aliphatic rings. The Morgan fingerprint density at radius 3 is 2.52 bits per heavy atom. The molecule has 1 unspecified atom stereocenters. The van der Waals surface area contributed by atoms with Crippen LogP contribution in [0.15, 0.2) is 0 Å². The van der Waals surface area contributed by atoms with Gasteiger partial charge in [-0.3, -0.25) is 0 Å². The lowest BCUT2D eigenvalue weighted by atomic mass is 10.1. The third-order valence-corrected chi connectivity index (χ3v) is 4.31. The minimum Gasteiger partial charge on any atom is -0.389 e. The number of nitrogens with zero attached hydrogens (tertiary/aromatic N) is 1. The molecule has 1 atom stereocenters. The highest BCUT2D eigenvalue weighted by molar-refractivity contribution is 4.76. The third kappa shape index (κ3) is 10.2. The SMILES string of the molecule is CCCCCCCCOCC(O)CNC1CCN(C)CC1. The van der Waals surface area contributed by atoms with E-state index in [9.17, 15) is 5.11 Å². The molecule has 1 fully saturated rings. The van der Waals surface area contributed by atoms with Crippen molar-refractivity contribution < 1.29 is 9.84 Å². The van der Waals surface area contributed by atoms with E-state index < -0.39 is 0 Å². The third-order valence-electron chi connectivity index (χ3n) is 4.31. The first-order valence-electron chi connectivity index (χ1n) is 8.90. The number of ether oxygens (including phenoxy) is 1. The molecule has 21 heavy (non-hydrogen) atoms. The Kier molecular flexibility index (Phi) is 11.1. The number of aliphatic hydroxyl groups is 1. The van der Waals surface area contributed by atoms with Gasteiger partial charge in [0.2, 0.25) is 0 Å². The zero-order valence-electron chi connectivity index (χ0n) is 14.1. The van der Waals surface area contributed by atoms with Gasteiger partial charge >= 0.3 is 0 Å². The van der Waals surface area contributed by atoms with Crippen LogP contribution in [0.3, 0.4) is 0 Å². The fourth-order valence-electron chi connectivity index (χ4n) is 2.78. The summed E-state index contributed by atoms with van der Waals surface area (Å²) in [5.41, 5.74) is 0. The van der Waals surface area contributed by atoms with Crippen molar-refractivity contribution in [1.82, 2.24) is 10.2 Å². The average Bonchev–Trinajstić information content (AvgIpc) is 2.49. The summed E-state index contributed by atoms with van der Waals surface area (Å²) in [4.78, 5) is 2.36. The van der Waals surface area contributed by atoms with Crippen LogP contribution in [0, 0.1) is 0 Å². The van der Waals surface area contributed by atoms with Gasteiger partial charge in [-0.1, -0.05) is 39.0 Å². The monoisotopic (exact) mass is 300 g/mol. The van der Waals surface area contributed by atoms with Crippen LogP contribution in [0.25, 0.3) is 0 Å². The van der Waals surface area contributed by atoms with Gasteiger partial charge in [-0.15, -0.1) is 0 Å². The van der Waals surface area contributed by atoms with Crippen LogP contribution in [0.1, 0.15) is 58.3 Å². The molecule has 4 nitrogen and oxygen atoms in total. The molecular weight excluding hydrogens is 264 g/mol. The van der Waals surface area contributed by atoms with Crippen LogP contribution < -0.4 is 5.32 Å². The Labute approximate surface area is 131 Å². The van der Waals surface area contributed by atoms with Crippen molar-refractivity contribution in [3.8, 4) is 0 Å². The molecule has 1 heterocycles. The van der Waals surface area contributed by atoms with E-state index in [0.717, 1.165) is 26.1 Å². The van der Waals surface area contributed by atoms with Crippen LogP contribution >= 0.6 is 0 Å². The van der Waals surface area contributed by atoms with Crippen LogP contribution in [0.4, 0.5) is 0 Å². The molecule has 0 amide bonds. The summed E-state index contributed by atoms with van der Waals surface area (Å²) in [7, 11) is 2.17. The molecule has 0 aromatic rings. The molecule has 126 valence electrons. The van der Waals surface area contributed by atoms with Gasteiger partial charge in [0.05, 0.1) is 12.7 Å². The Hall–Kier alpha value is -0.160. The molecule has 1 rings (SSSR count). The predicted molar refractivity (Wildman–Crippen MR) is 88.7 cm³/mol. The number of unbranched alkanes of at least 4 members (excludes halogenated alkanes) is 5. The molecular formula is C17H36N2O2. The van der Waals surface area contributed by atoms with E-state index in [1.54, 1.807) is 0 Å². The number of likely N-dealkylation sites (tertiary alicyclic amines) is 1. The highest BCUT2D eigenvalue weighted by Crippen LogP contribution is 2.08. The highest BCUT2D eigenvalue weighted by atomic mass is 16.5. The van der Waals surface area contributed by atoms with Gasteiger partial charge in [0.25, 0.3) is 0 Å². The number of rotatable bonds is 12. The fraction of sp³-hybridized carbons (Fsp3) is 1.00. The maximum Gasteiger partial charge on any atom is 0.0897 e. The van der Waals surface area contributed by atoms with Crippen molar-refractivity contribution in [3.05, 3.63) is 0 Å². The van der Waals surface area contributed by atoms with Crippen LogP contribution in [-0.4, -0.2) is 62.0 Å². The zero-order chi connectivity index (χ0) is 15.3. The van der Waals surface area contributed by atoms with Crippen LogP contribution in [-0.2, 0) is 4.74 Å². The summed E-state index contributed by atoms with van der Waals surface area (Å²) in [5.74, 6) is 0. The van der Waals surface area contributed by atoms with Crippen LogP contribution in [0.2, 0.25) is 0 Å². The molecule has 4 heteroatoms. The summed E-state index contributed by atoms with van der Waals surface area (Å²) in [6, 6.07) is 0.564. The molecule has 0 spiro atoms. The number of nitrogens with one attached hydrogen (secondary N) is 1. The summed E-state index contributed by atoms with van der Waals surface area (Å²) in [5, 5.41) is 13.4. The van der Waals surface area contributed by atoms with Crippen molar-refractivity contribution in [2.24, 2.45) is 0 Å². The number of hydrogen-bond donors (Lipinski definition) is 2. The van der Waals surface area contributed by atoms with Crippen molar-refractivity contribution in [1.29, 1.82) is 0 Å². The summed E-state index contributed by atoms with van der Waals surface area (Å²) >= 11 is 0. The van der Waals surface area contributed by atoms with E-state index in [4.69, 9.17) is 4.74 Å². The molecule has 0 saturated carbocycles. The summed E-state index contributed by atoms with van der Waals surface area (Å²) < 4.78 is 5.56. The van der Waals surface area contributed by atoms with Crippen molar-refractivity contribution in [3.63, 3.8) is 0 Å². The first kappa shape index (κ1) is 18.9. The lowest BCUT2D eigenvalue weighted by Crippen LogP contribution is -2.44. The molecule has 0 aromatic carbocycles. The zero-order valence-corrected chi connectivity index (χ0v) is 14.1. The molecule has 2 N–H and O–H groups in total. The highest BCUT2D eigenvalue weighted by Gasteiger charge is 2.16. The van der Waals surface area contributed by atoms with Gasteiger partial charge in [0.1, 0.15) is 0 Å². The second kappa shape index (κ2) is 12.4. The van der Waals surface area contributed by atoms with E-state index >= 15 is 0 Å². The standard InChI is InChI=1S/C17H36N2O2/c1-3-4-5-6-7-8-13-21-15-17(20)14-18-16-9-11-19(2)12-10-16/h16-18,20H,3-15H2,1-2H3. The largest absolute Gasteiger partial charge is 0.389 e. The normalized spacial score (nSPS) is 19.0. The minimum absolute atomic E-state index is 0.371. The van der Waals surface area contributed by atoms with Crippen molar-refractivity contribution >= 4 is 0 Å². The number of aliphatic hydroxyl groups excluding tert-OH is 1.